The third-order valence-electron chi connectivity index (χ3n) is 1.87. The number of hydrogen-bond acceptors (Lipinski definition) is 2. The average Bonchev–Trinajstić information content (AvgIpc) is 1.97. The Morgan fingerprint density at radius 3 is 1.44 bits per heavy atom. The first-order valence-electron chi connectivity index (χ1n) is 3.74. The van der Waals surface area contributed by atoms with E-state index in [0.717, 1.165) is 22.6 Å². The van der Waals surface area contributed by atoms with Crippen LogP contribution in [0.25, 0.3) is 0 Å². The predicted molar refractivity (Wildman–Crippen MR) is 50.3 cm³/mol. The minimum Gasteiger partial charge on any atom is -0.266 e. The highest BCUT2D eigenvalue weighted by atomic mass is 127. The highest BCUT2D eigenvalue weighted by molar-refractivity contribution is 14.1. The lowest BCUT2D eigenvalue weighted by molar-refractivity contribution is -0.331. The lowest BCUT2D eigenvalue weighted by atomic mass is 9.97. The Hall–Kier alpha value is 0.160. The van der Waals surface area contributed by atoms with Gasteiger partial charge >= 0.3 is 12.4 Å². The molecule has 0 bridgehead atoms. The fraction of sp³-hybridized carbons (Fsp3) is 1.00. The average molecular weight is 368 g/mol. The normalized spacial score (nSPS) is 18.0. The van der Waals surface area contributed by atoms with Crippen LogP contribution in [0, 0.1) is 5.92 Å². The number of alkyl halides is 8. The van der Waals surface area contributed by atoms with E-state index in [2.05, 4.69) is 0 Å². The van der Waals surface area contributed by atoms with Crippen molar-refractivity contribution in [3.05, 3.63) is 0 Å². The molecule has 0 aliphatic rings. The van der Waals surface area contributed by atoms with Crippen LogP contribution in [0.2, 0.25) is 0 Å². The van der Waals surface area contributed by atoms with E-state index in [9.17, 15) is 30.7 Å². The number of nitrogens with two attached hydrogens (primary N) is 1. The Labute approximate surface area is 100 Å². The second-order valence-electron chi connectivity index (χ2n) is 3.08. The lowest BCUT2D eigenvalue weighted by Gasteiger charge is -2.38. The third-order valence-corrected chi connectivity index (χ3v) is 2.94. The maximum atomic E-state index is 13.7. The summed E-state index contributed by atoms with van der Waals surface area (Å²) in [7, 11) is 0.614. The second-order valence-corrected chi connectivity index (χ2v) is 3.84. The van der Waals surface area contributed by atoms with Gasteiger partial charge in [-0.25, -0.2) is 9.40 Å². The van der Waals surface area contributed by atoms with Gasteiger partial charge in [0.05, 0.1) is 0 Å². The molecule has 0 aromatic rings. The molecule has 0 fully saturated rings. The van der Waals surface area contributed by atoms with E-state index in [1.54, 1.807) is 0 Å². The van der Waals surface area contributed by atoms with E-state index in [1.807, 2.05) is 0 Å². The molecule has 98 valence electrons. The number of hydrazine groups is 1. The highest BCUT2D eigenvalue weighted by Gasteiger charge is 2.68. The smallest absolute Gasteiger partial charge is 0.266 e. The van der Waals surface area contributed by atoms with Gasteiger partial charge in [-0.1, -0.05) is 22.6 Å². The highest BCUT2D eigenvalue weighted by Crippen LogP contribution is 2.48. The molecule has 0 amide bonds. The third kappa shape index (κ3) is 3.32. The van der Waals surface area contributed by atoms with E-state index in [4.69, 9.17) is 5.84 Å². The molecule has 0 aromatic carbocycles. The largest absolute Gasteiger partial charge is 0.405 e. The Kier molecular flexibility index (Phi) is 4.85. The summed E-state index contributed by atoms with van der Waals surface area (Å²) in [4.78, 5) is 0. The van der Waals surface area contributed by atoms with Crippen molar-refractivity contribution in [1.82, 2.24) is 5.01 Å². The van der Waals surface area contributed by atoms with Gasteiger partial charge in [0.15, 0.2) is 5.92 Å². The minimum absolute atomic E-state index is 0.203. The van der Waals surface area contributed by atoms with Crippen LogP contribution in [-0.2, 0) is 0 Å². The van der Waals surface area contributed by atoms with Crippen LogP contribution in [-0.4, -0.2) is 34.6 Å². The van der Waals surface area contributed by atoms with E-state index in [-0.39, 0.29) is 5.01 Å². The molecule has 0 rings (SSSR count). The molecule has 0 aliphatic carbocycles. The number of rotatable bonds is 3. The quantitative estimate of drug-likeness (QED) is 0.207. The maximum absolute atomic E-state index is 13.7. The summed E-state index contributed by atoms with van der Waals surface area (Å²) >= 11 is 1.08. The summed E-state index contributed by atoms with van der Waals surface area (Å²) in [6.07, 6.45) is -11.5. The molecule has 0 saturated heterocycles. The van der Waals surface area contributed by atoms with Gasteiger partial charge < -0.3 is 0 Å². The van der Waals surface area contributed by atoms with Gasteiger partial charge in [0.1, 0.15) is 0 Å². The molecule has 0 aromatic heterocycles. The number of hydrogen-bond donors (Lipinski definition) is 1. The molecule has 2 N–H and O–H groups in total. The molecule has 10 heteroatoms. The second kappa shape index (κ2) is 4.80. The Bertz CT molecular complexity index is 224. The van der Waals surface area contributed by atoms with Crippen LogP contribution in [0.3, 0.4) is 0 Å². The van der Waals surface area contributed by atoms with Crippen molar-refractivity contribution in [2.24, 2.45) is 11.8 Å². The van der Waals surface area contributed by atoms with E-state index in [1.165, 1.54) is 0 Å². The Morgan fingerprint density at radius 1 is 1.06 bits per heavy atom. The van der Waals surface area contributed by atoms with Crippen molar-refractivity contribution in [2.45, 2.75) is 18.1 Å². The van der Waals surface area contributed by atoms with Gasteiger partial charge in [0.25, 0.3) is 0 Å². The van der Waals surface area contributed by atoms with Gasteiger partial charge in [-0.2, -0.15) is 26.3 Å². The van der Waals surface area contributed by atoms with Crippen molar-refractivity contribution < 1.29 is 30.7 Å². The molecule has 1 atom stereocenters. The molecule has 0 aliphatic heterocycles. The van der Waals surface area contributed by atoms with Gasteiger partial charge in [-0.05, 0) is 0 Å². The van der Waals surface area contributed by atoms with Crippen LogP contribution in [0.4, 0.5) is 30.7 Å². The number of halogens is 8. The molecule has 0 spiro atoms. The molecular weight excluding hydrogens is 360 g/mol. The first-order valence-corrected chi connectivity index (χ1v) is 5.26. The summed E-state index contributed by atoms with van der Waals surface area (Å²) in [6.45, 7) is 0. The lowest BCUT2D eigenvalue weighted by Crippen LogP contribution is -2.62. The van der Waals surface area contributed by atoms with Crippen LogP contribution in [0.15, 0.2) is 0 Å². The molecule has 2 nitrogen and oxygen atoms in total. The molecule has 0 saturated carbocycles. The van der Waals surface area contributed by atoms with Crippen molar-refractivity contribution in [3.8, 4) is 0 Å². The maximum Gasteiger partial charge on any atom is 0.405 e. The van der Waals surface area contributed by atoms with Crippen molar-refractivity contribution >= 4 is 22.6 Å². The Balaban J connectivity index is 5.51. The molecular formula is C6H8F7IN2. The van der Waals surface area contributed by atoms with Crippen molar-refractivity contribution in [1.29, 1.82) is 0 Å². The summed E-state index contributed by atoms with van der Waals surface area (Å²) in [5, 5.41) is -0.203. The predicted octanol–water partition coefficient (Wildman–Crippen LogP) is 2.63. The molecule has 16 heavy (non-hydrogen) atoms. The van der Waals surface area contributed by atoms with Crippen LogP contribution in [0.5, 0.6) is 0 Å². The fourth-order valence-corrected chi connectivity index (χ4v) is 2.04. The van der Waals surface area contributed by atoms with Crippen LogP contribution < -0.4 is 5.84 Å². The molecule has 1 unspecified atom stereocenters. The van der Waals surface area contributed by atoms with E-state index in [0.29, 0.717) is 7.05 Å². The number of nitrogens with zero attached hydrogens (tertiary/aromatic N) is 1. The van der Waals surface area contributed by atoms with Crippen molar-refractivity contribution in [3.63, 3.8) is 0 Å². The Morgan fingerprint density at radius 2 is 1.38 bits per heavy atom. The van der Waals surface area contributed by atoms with Gasteiger partial charge in [-0.3, -0.25) is 5.84 Å². The first kappa shape index (κ1) is 16.2. The topological polar surface area (TPSA) is 29.3 Å². The van der Waals surface area contributed by atoms with Crippen LogP contribution in [0.1, 0.15) is 0 Å². The summed E-state index contributed by atoms with van der Waals surface area (Å²) in [5.41, 5.74) is 0. The monoisotopic (exact) mass is 368 g/mol. The van der Waals surface area contributed by atoms with Gasteiger partial charge in [-0.15, -0.1) is 0 Å². The van der Waals surface area contributed by atoms with Gasteiger partial charge in [0.2, 0.25) is 5.79 Å². The molecule has 0 radical (unpaired) electrons. The zero-order valence-electron chi connectivity index (χ0n) is 7.83. The van der Waals surface area contributed by atoms with Crippen molar-refractivity contribution in [2.75, 3.05) is 11.5 Å². The SMILES string of the molecule is CN(N)C(F)(CI)C(C(F)(F)F)C(F)(F)F. The van der Waals surface area contributed by atoms with E-state index < -0.39 is 28.5 Å². The standard InChI is InChI=1S/C6H8F7IN2/c1-16(15)4(7,2-14)3(5(8,9)10)6(11,12)13/h3H,2,15H2,1H3. The summed E-state index contributed by atoms with van der Waals surface area (Å²) in [6, 6.07) is 0. The van der Waals surface area contributed by atoms with E-state index >= 15 is 0 Å². The van der Waals surface area contributed by atoms with Crippen LogP contribution >= 0.6 is 22.6 Å². The zero-order chi connectivity index (χ0) is 13.4. The summed E-state index contributed by atoms with van der Waals surface area (Å²) in [5.74, 6) is -3.14. The summed E-state index contributed by atoms with van der Waals surface area (Å²) < 4.78 is 85.9. The minimum atomic E-state index is -5.76. The molecule has 0 heterocycles. The first-order chi connectivity index (χ1) is 6.87. The zero-order valence-corrected chi connectivity index (χ0v) is 9.99. The van der Waals surface area contributed by atoms with Gasteiger partial charge in [0, 0.05) is 11.5 Å². The fourth-order valence-electron chi connectivity index (χ4n) is 1.06.